The molecule has 70 valence electrons. The average molecular weight is 193 g/mol. The van der Waals surface area contributed by atoms with Crippen molar-refractivity contribution in [2.75, 3.05) is 0 Å². The molecule has 0 spiro atoms. The van der Waals surface area contributed by atoms with Crippen LogP contribution >= 0.6 is 11.3 Å². The Morgan fingerprint density at radius 3 is 3.08 bits per heavy atom. The summed E-state index contributed by atoms with van der Waals surface area (Å²) in [4.78, 5) is 1.36. The minimum atomic E-state index is 0.284. The van der Waals surface area contributed by atoms with Gasteiger partial charge in [0, 0.05) is 17.5 Å². The van der Waals surface area contributed by atoms with Gasteiger partial charge in [0.05, 0.1) is 0 Å². The summed E-state index contributed by atoms with van der Waals surface area (Å²) in [5, 5.41) is 5.47. The third-order valence-corrected chi connectivity index (χ3v) is 2.62. The van der Waals surface area contributed by atoms with Gasteiger partial charge in [0.15, 0.2) is 0 Å². The van der Waals surface area contributed by atoms with Gasteiger partial charge in [0.25, 0.3) is 0 Å². The summed E-state index contributed by atoms with van der Waals surface area (Å²) in [5.41, 5.74) is 0. The van der Waals surface area contributed by atoms with Crippen molar-refractivity contribution >= 4 is 11.3 Å². The van der Waals surface area contributed by atoms with Crippen molar-refractivity contribution < 1.29 is 0 Å². The second-order valence-electron chi connectivity index (χ2n) is 2.75. The first-order chi connectivity index (χ1) is 6.36. The van der Waals surface area contributed by atoms with Gasteiger partial charge < -0.3 is 5.32 Å². The van der Waals surface area contributed by atoms with Crippen LogP contribution in [0.1, 0.15) is 11.8 Å². The van der Waals surface area contributed by atoms with Gasteiger partial charge in [-0.1, -0.05) is 24.3 Å². The molecule has 0 aliphatic carbocycles. The molecule has 0 bridgehead atoms. The third kappa shape index (κ3) is 3.57. The lowest BCUT2D eigenvalue weighted by molar-refractivity contribution is 0.683. The molecule has 13 heavy (non-hydrogen) atoms. The van der Waals surface area contributed by atoms with E-state index in [2.05, 4.69) is 35.5 Å². The van der Waals surface area contributed by atoms with Crippen LogP contribution in [0.15, 0.2) is 42.3 Å². The molecule has 1 heterocycles. The fourth-order valence-electron chi connectivity index (χ4n) is 1.07. The van der Waals surface area contributed by atoms with Crippen LogP contribution in [-0.2, 0) is 6.54 Å². The predicted octanol–water partition coefficient (Wildman–Crippen LogP) is 2.97. The highest BCUT2D eigenvalue weighted by atomic mass is 32.1. The zero-order valence-corrected chi connectivity index (χ0v) is 8.68. The van der Waals surface area contributed by atoms with E-state index in [1.807, 2.05) is 19.1 Å². The van der Waals surface area contributed by atoms with E-state index in [-0.39, 0.29) is 6.04 Å². The molecule has 0 saturated heterocycles. The Morgan fingerprint density at radius 2 is 2.54 bits per heavy atom. The SMILES string of the molecule is C=C[C@H](/C=C/C)NCc1cccs1. The van der Waals surface area contributed by atoms with Gasteiger partial charge in [-0.05, 0) is 18.4 Å². The highest BCUT2D eigenvalue weighted by molar-refractivity contribution is 7.09. The van der Waals surface area contributed by atoms with E-state index in [9.17, 15) is 0 Å². The third-order valence-electron chi connectivity index (χ3n) is 1.75. The number of hydrogen-bond donors (Lipinski definition) is 1. The molecule has 2 heteroatoms. The number of rotatable bonds is 5. The lowest BCUT2D eigenvalue weighted by Crippen LogP contribution is -2.23. The summed E-state index contributed by atoms with van der Waals surface area (Å²) in [7, 11) is 0. The molecular weight excluding hydrogens is 178 g/mol. The number of hydrogen-bond acceptors (Lipinski definition) is 2. The van der Waals surface area contributed by atoms with E-state index in [1.54, 1.807) is 11.3 Å². The first kappa shape index (κ1) is 10.2. The fourth-order valence-corrected chi connectivity index (χ4v) is 1.72. The molecule has 0 amide bonds. The summed E-state index contributed by atoms with van der Waals surface area (Å²) >= 11 is 1.77. The molecule has 1 rings (SSSR count). The molecule has 0 saturated carbocycles. The minimum Gasteiger partial charge on any atom is -0.302 e. The van der Waals surface area contributed by atoms with E-state index in [1.165, 1.54) is 4.88 Å². The Balaban J connectivity index is 2.36. The maximum atomic E-state index is 3.77. The number of nitrogens with one attached hydrogen (secondary N) is 1. The van der Waals surface area contributed by atoms with Crippen molar-refractivity contribution in [3.8, 4) is 0 Å². The second-order valence-corrected chi connectivity index (χ2v) is 3.78. The molecule has 0 fully saturated rings. The van der Waals surface area contributed by atoms with Crippen molar-refractivity contribution in [1.29, 1.82) is 0 Å². The maximum absolute atomic E-state index is 3.77. The van der Waals surface area contributed by atoms with E-state index >= 15 is 0 Å². The highest BCUT2D eigenvalue weighted by Gasteiger charge is 1.98. The smallest absolute Gasteiger partial charge is 0.0435 e. The monoisotopic (exact) mass is 193 g/mol. The predicted molar refractivity (Wildman–Crippen MR) is 60.0 cm³/mol. The lowest BCUT2D eigenvalue weighted by Gasteiger charge is -2.08. The molecular formula is C11H15NS. The van der Waals surface area contributed by atoms with Gasteiger partial charge in [0.2, 0.25) is 0 Å². The molecule has 1 atom stereocenters. The minimum absolute atomic E-state index is 0.284. The van der Waals surface area contributed by atoms with Gasteiger partial charge >= 0.3 is 0 Å². The first-order valence-electron chi connectivity index (χ1n) is 4.38. The van der Waals surface area contributed by atoms with Crippen LogP contribution in [0, 0.1) is 0 Å². The standard InChI is InChI=1S/C11H15NS/c1-3-6-10(4-2)12-9-11-7-5-8-13-11/h3-8,10,12H,2,9H2,1H3/b6-3+/t10-/m1/s1. The van der Waals surface area contributed by atoms with Crippen molar-refractivity contribution in [3.63, 3.8) is 0 Å². The van der Waals surface area contributed by atoms with Crippen molar-refractivity contribution in [2.24, 2.45) is 0 Å². The van der Waals surface area contributed by atoms with E-state index in [0.29, 0.717) is 0 Å². The Kier molecular flexibility index (Phi) is 4.50. The molecule has 1 aromatic heterocycles. The second kappa shape index (κ2) is 5.73. The molecule has 0 aliphatic heterocycles. The molecule has 0 aromatic carbocycles. The molecule has 1 N–H and O–H groups in total. The van der Waals surface area contributed by atoms with Crippen LogP contribution in [0.4, 0.5) is 0 Å². The van der Waals surface area contributed by atoms with Crippen molar-refractivity contribution in [3.05, 3.63) is 47.2 Å². The lowest BCUT2D eigenvalue weighted by atomic mass is 10.2. The molecule has 0 unspecified atom stereocenters. The highest BCUT2D eigenvalue weighted by Crippen LogP contribution is 2.07. The van der Waals surface area contributed by atoms with Crippen LogP contribution in [0.25, 0.3) is 0 Å². The van der Waals surface area contributed by atoms with Crippen LogP contribution in [0.3, 0.4) is 0 Å². The topological polar surface area (TPSA) is 12.0 Å². The van der Waals surface area contributed by atoms with E-state index in [0.717, 1.165) is 6.54 Å². The van der Waals surface area contributed by atoms with Crippen LogP contribution in [-0.4, -0.2) is 6.04 Å². The van der Waals surface area contributed by atoms with E-state index in [4.69, 9.17) is 0 Å². The summed E-state index contributed by atoms with van der Waals surface area (Å²) in [6.07, 6.45) is 6.04. The number of allylic oxidation sites excluding steroid dienone is 1. The fraction of sp³-hybridized carbons (Fsp3) is 0.273. The Hall–Kier alpha value is -0.860. The Morgan fingerprint density at radius 1 is 1.69 bits per heavy atom. The average Bonchev–Trinajstić information content (AvgIpc) is 2.64. The van der Waals surface area contributed by atoms with Crippen LogP contribution in [0.5, 0.6) is 0 Å². The van der Waals surface area contributed by atoms with Crippen LogP contribution < -0.4 is 5.32 Å². The first-order valence-corrected chi connectivity index (χ1v) is 5.26. The van der Waals surface area contributed by atoms with E-state index < -0.39 is 0 Å². The molecule has 0 radical (unpaired) electrons. The van der Waals surface area contributed by atoms with Crippen LogP contribution in [0.2, 0.25) is 0 Å². The van der Waals surface area contributed by atoms with Gasteiger partial charge in [-0.25, -0.2) is 0 Å². The summed E-state index contributed by atoms with van der Waals surface area (Å²) in [5.74, 6) is 0. The number of thiophene rings is 1. The largest absolute Gasteiger partial charge is 0.302 e. The van der Waals surface area contributed by atoms with Gasteiger partial charge in [-0.3, -0.25) is 0 Å². The zero-order chi connectivity index (χ0) is 9.52. The summed E-state index contributed by atoms with van der Waals surface area (Å²) < 4.78 is 0. The molecule has 0 aliphatic rings. The quantitative estimate of drug-likeness (QED) is 0.709. The van der Waals surface area contributed by atoms with Gasteiger partial charge in [-0.2, -0.15) is 0 Å². The van der Waals surface area contributed by atoms with Gasteiger partial charge in [0.1, 0.15) is 0 Å². The maximum Gasteiger partial charge on any atom is 0.0435 e. The Bertz CT molecular complexity index is 262. The van der Waals surface area contributed by atoms with Crippen molar-refractivity contribution in [1.82, 2.24) is 5.32 Å². The molecule has 1 aromatic rings. The van der Waals surface area contributed by atoms with Gasteiger partial charge in [-0.15, -0.1) is 17.9 Å². The normalized spacial score (nSPS) is 13.3. The molecule has 1 nitrogen and oxygen atoms in total. The summed E-state index contributed by atoms with van der Waals surface area (Å²) in [6, 6.07) is 4.49. The zero-order valence-electron chi connectivity index (χ0n) is 7.86. The van der Waals surface area contributed by atoms with Crippen molar-refractivity contribution in [2.45, 2.75) is 19.5 Å². The Labute approximate surface area is 83.8 Å². The summed E-state index contributed by atoms with van der Waals surface area (Å²) in [6.45, 7) is 6.70.